The number of benzene rings is 1. The quantitative estimate of drug-likeness (QED) is 0.332. The van der Waals surface area contributed by atoms with Gasteiger partial charge in [-0.3, -0.25) is 10.0 Å². The van der Waals surface area contributed by atoms with Crippen molar-refractivity contribution in [3.63, 3.8) is 0 Å². The number of nitrogens with one attached hydrogen (secondary N) is 1. The lowest BCUT2D eigenvalue weighted by Gasteiger charge is -2.18. The Labute approximate surface area is 130 Å². The molecule has 0 aliphatic rings. The van der Waals surface area contributed by atoms with Crippen molar-refractivity contribution in [1.82, 2.24) is 5.48 Å². The van der Waals surface area contributed by atoms with Crippen molar-refractivity contribution < 1.29 is 25.0 Å². The van der Waals surface area contributed by atoms with E-state index >= 15 is 0 Å². The molecule has 0 aliphatic heterocycles. The molecule has 0 bridgehead atoms. The number of aliphatic hydroxyl groups is 2. The van der Waals surface area contributed by atoms with Crippen LogP contribution in [0.2, 0.25) is 0 Å². The molecule has 0 aliphatic carbocycles. The summed E-state index contributed by atoms with van der Waals surface area (Å²) in [6.45, 7) is 3.66. The molecule has 0 unspecified atom stereocenters. The van der Waals surface area contributed by atoms with Crippen LogP contribution in [0.1, 0.15) is 31.9 Å². The Morgan fingerprint density at radius 3 is 2.55 bits per heavy atom. The number of carbonyl (C=O) groups is 1. The van der Waals surface area contributed by atoms with Crippen LogP contribution in [0.25, 0.3) is 0 Å². The first kappa shape index (κ1) is 18.2. The van der Waals surface area contributed by atoms with Crippen molar-refractivity contribution in [3.8, 4) is 5.75 Å². The number of allylic oxidation sites excluding steroid dienone is 1. The van der Waals surface area contributed by atoms with Crippen LogP contribution >= 0.6 is 0 Å². The highest BCUT2D eigenvalue weighted by atomic mass is 16.5. The number of aliphatic hydroxyl groups excluding tert-OH is 2. The van der Waals surface area contributed by atoms with E-state index in [1.807, 2.05) is 6.92 Å². The van der Waals surface area contributed by atoms with Crippen molar-refractivity contribution in [2.24, 2.45) is 5.92 Å². The van der Waals surface area contributed by atoms with Gasteiger partial charge in [0.15, 0.2) is 0 Å². The van der Waals surface area contributed by atoms with Crippen LogP contribution in [0, 0.1) is 5.92 Å². The van der Waals surface area contributed by atoms with Gasteiger partial charge in [-0.15, -0.1) is 0 Å². The van der Waals surface area contributed by atoms with Crippen LogP contribution in [0.5, 0.6) is 5.75 Å². The summed E-state index contributed by atoms with van der Waals surface area (Å²) < 4.78 is 5.26. The van der Waals surface area contributed by atoms with Gasteiger partial charge in [-0.25, -0.2) is 5.48 Å². The number of hydrogen-bond donors (Lipinski definition) is 4. The number of amides is 1. The van der Waals surface area contributed by atoms with Crippen molar-refractivity contribution in [2.45, 2.75) is 26.4 Å². The summed E-state index contributed by atoms with van der Waals surface area (Å²) in [7, 11) is 0. The van der Waals surface area contributed by atoms with Gasteiger partial charge in [-0.05, 0) is 37.0 Å². The highest BCUT2D eigenvalue weighted by molar-refractivity contribution is 5.91. The van der Waals surface area contributed by atoms with E-state index in [1.165, 1.54) is 0 Å². The fourth-order valence-electron chi connectivity index (χ4n) is 1.93. The zero-order valence-electron chi connectivity index (χ0n) is 12.8. The average molecular weight is 309 g/mol. The van der Waals surface area contributed by atoms with Gasteiger partial charge in [0.25, 0.3) is 5.91 Å². The summed E-state index contributed by atoms with van der Waals surface area (Å²) in [6, 6.07) is 7.01. The van der Waals surface area contributed by atoms with Crippen LogP contribution in [-0.4, -0.2) is 34.5 Å². The van der Waals surface area contributed by atoms with E-state index in [4.69, 9.17) is 15.1 Å². The van der Waals surface area contributed by atoms with Crippen LogP contribution in [0.15, 0.2) is 35.9 Å². The summed E-state index contributed by atoms with van der Waals surface area (Å²) in [6.07, 6.45) is 1.51. The minimum atomic E-state index is -0.673. The van der Waals surface area contributed by atoms with Crippen LogP contribution in [0.3, 0.4) is 0 Å². The molecule has 1 amide bonds. The van der Waals surface area contributed by atoms with Crippen molar-refractivity contribution in [1.29, 1.82) is 0 Å². The SMILES string of the molecule is C/C(=C\C[C@H](C)[C@H](O)c1ccc(OCCO)cc1)C(=O)NO. The molecule has 0 saturated heterocycles. The van der Waals surface area contributed by atoms with E-state index in [0.717, 1.165) is 5.56 Å². The van der Waals surface area contributed by atoms with Gasteiger partial charge in [0, 0.05) is 5.57 Å². The molecule has 0 spiro atoms. The molecule has 0 saturated carbocycles. The number of rotatable bonds is 8. The minimum absolute atomic E-state index is 0.0471. The normalized spacial score (nSPS) is 14.3. The standard InChI is InChI=1S/C16H23NO5/c1-11(3-4-12(2)16(20)17-21)15(19)13-5-7-14(8-6-13)22-10-9-18/h4-8,11,15,18-19,21H,3,9-10H2,1-2H3,(H,17,20)/b12-4+/t11-,15-/m0/s1. The number of hydroxylamine groups is 1. The van der Waals surface area contributed by atoms with Gasteiger partial charge < -0.3 is 14.9 Å². The zero-order valence-corrected chi connectivity index (χ0v) is 12.8. The Bertz CT molecular complexity index is 498. The maximum Gasteiger partial charge on any atom is 0.269 e. The second kappa shape index (κ2) is 9.19. The first-order chi connectivity index (χ1) is 10.5. The molecule has 4 N–H and O–H groups in total. The van der Waals surface area contributed by atoms with Crippen molar-refractivity contribution in [2.75, 3.05) is 13.2 Å². The number of ether oxygens (including phenoxy) is 1. The predicted molar refractivity (Wildman–Crippen MR) is 81.4 cm³/mol. The van der Waals surface area contributed by atoms with E-state index in [1.54, 1.807) is 42.7 Å². The summed E-state index contributed by atoms with van der Waals surface area (Å²) in [5.41, 5.74) is 2.72. The molecular formula is C16H23NO5. The fourth-order valence-corrected chi connectivity index (χ4v) is 1.93. The van der Waals surface area contributed by atoms with Gasteiger partial charge in [-0.1, -0.05) is 25.1 Å². The minimum Gasteiger partial charge on any atom is -0.491 e. The lowest BCUT2D eigenvalue weighted by atomic mass is 9.94. The molecule has 6 nitrogen and oxygen atoms in total. The molecule has 0 fully saturated rings. The van der Waals surface area contributed by atoms with Gasteiger partial charge in [0.1, 0.15) is 12.4 Å². The van der Waals surface area contributed by atoms with Gasteiger partial charge in [-0.2, -0.15) is 0 Å². The third-order valence-corrected chi connectivity index (χ3v) is 3.38. The fraction of sp³-hybridized carbons (Fsp3) is 0.438. The lowest BCUT2D eigenvalue weighted by Crippen LogP contribution is -2.19. The molecule has 1 aromatic rings. The number of carbonyl (C=O) groups excluding carboxylic acids is 1. The molecule has 0 aromatic heterocycles. The van der Waals surface area contributed by atoms with E-state index in [9.17, 15) is 9.90 Å². The Balaban J connectivity index is 2.62. The molecule has 2 atom stereocenters. The molecule has 6 heteroatoms. The maximum absolute atomic E-state index is 11.2. The van der Waals surface area contributed by atoms with E-state index < -0.39 is 12.0 Å². The van der Waals surface area contributed by atoms with Gasteiger partial charge in [0.2, 0.25) is 0 Å². The largest absolute Gasteiger partial charge is 0.491 e. The van der Waals surface area contributed by atoms with Crippen LogP contribution in [-0.2, 0) is 4.79 Å². The van der Waals surface area contributed by atoms with Crippen molar-refractivity contribution >= 4 is 5.91 Å². The molecule has 122 valence electrons. The maximum atomic E-state index is 11.2. The lowest BCUT2D eigenvalue weighted by molar-refractivity contribution is -0.125. The van der Waals surface area contributed by atoms with E-state index in [-0.39, 0.29) is 19.1 Å². The third-order valence-electron chi connectivity index (χ3n) is 3.38. The third kappa shape index (κ3) is 5.48. The molecule has 1 rings (SSSR count). The Morgan fingerprint density at radius 2 is 2.00 bits per heavy atom. The smallest absolute Gasteiger partial charge is 0.269 e. The molecule has 1 aromatic carbocycles. The second-order valence-corrected chi connectivity index (χ2v) is 5.13. The second-order valence-electron chi connectivity index (χ2n) is 5.13. The molecule has 22 heavy (non-hydrogen) atoms. The van der Waals surface area contributed by atoms with Gasteiger partial charge >= 0.3 is 0 Å². The monoisotopic (exact) mass is 309 g/mol. The summed E-state index contributed by atoms with van der Waals surface area (Å²) in [5.74, 6) is -0.00858. The first-order valence-electron chi connectivity index (χ1n) is 7.12. The molecule has 0 radical (unpaired) electrons. The molecule has 0 heterocycles. The zero-order chi connectivity index (χ0) is 16.5. The Hall–Kier alpha value is -1.89. The first-order valence-corrected chi connectivity index (χ1v) is 7.12. The van der Waals surface area contributed by atoms with E-state index in [2.05, 4.69) is 0 Å². The number of hydrogen-bond acceptors (Lipinski definition) is 5. The van der Waals surface area contributed by atoms with Crippen LogP contribution in [0.4, 0.5) is 0 Å². The Kier molecular flexibility index (Phi) is 7.59. The van der Waals surface area contributed by atoms with Gasteiger partial charge in [0.05, 0.1) is 12.7 Å². The highest BCUT2D eigenvalue weighted by Crippen LogP contribution is 2.26. The summed E-state index contributed by atoms with van der Waals surface area (Å²) in [5, 5.41) is 27.5. The van der Waals surface area contributed by atoms with Crippen molar-refractivity contribution in [3.05, 3.63) is 41.5 Å². The topological polar surface area (TPSA) is 99.0 Å². The molecular weight excluding hydrogens is 286 g/mol. The summed E-state index contributed by atoms with van der Waals surface area (Å²) >= 11 is 0. The predicted octanol–water partition coefficient (Wildman–Crippen LogP) is 1.57. The Morgan fingerprint density at radius 1 is 1.36 bits per heavy atom. The summed E-state index contributed by atoms with van der Waals surface area (Å²) in [4.78, 5) is 11.2. The average Bonchev–Trinajstić information content (AvgIpc) is 2.56. The van der Waals surface area contributed by atoms with E-state index in [0.29, 0.717) is 17.7 Å². The van der Waals surface area contributed by atoms with Crippen LogP contribution < -0.4 is 10.2 Å². The highest BCUT2D eigenvalue weighted by Gasteiger charge is 2.16.